The summed E-state index contributed by atoms with van der Waals surface area (Å²) in [6, 6.07) is -1.80. The molecule has 0 aliphatic carbocycles. The first kappa shape index (κ1) is 55.1. The smallest absolute Gasteiger partial charge is 0.315 e. The third-order valence-electron chi connectivity index (χ3n) is 13.2. The summed E-state index contributed by atoms with van der Waals surface area (Å²) in [6.45, 7) is -1.25. The van der Waals surface area contributed by atoms with Crippen LogP contribution in [0.25, 0.3) is 0 Å². The number of hydrogen-bond acceptors (Lipinski definition) is 30. The van der Waals surface area contributed by atoms with E-state index in [-0.39, 0.29) is 0 Å². The van der Waals surface area contributed by atoms with Gasteiger partial charge in [-0.3, -0.25) is 4.79 Å². The van der Waals surface area contributed by atoms with Gasteiger partial charge in [0.2, 0.25) is 5.91 Å². The van der Waals surface area contributed by atoms with Gasteiger partial charge in [0.05, 0.1) is 38.6 Å². The highest BCUT2D eigenvalue weighted by atomic mass is 16.9. The van der Waals surface area contributed by atoms with Gasteiger partial charge in [-0.25, -0.2) is 0 Å². The van der Waals surface area contributed by atoms with Gasteiger partial charge in [0.1, 0.15) is 122 Å². The van der Waals surface area contributed by atoms with Gasteiger partial charge in [-0.1, -0.05) is 0 Å². The molecule has 400 valence electrons. The minimum atomic E-state index is -3.47. The van der Waals surface area contributed by atoms with Gasteiger partial charge in [0, 0.05) is 6.92 Å². The van der Waals surface area contributed by atoms with Gasteiger partial charge in [-0.2, -0.15) is 0 Å². The fourth-order valence-corrected chi connectivity index (χ4v) is 9.34. The number of ether oxygens (including phenoxy) is 12. The van der Waals surface area contributed by atoms with Crippen LogP contribution in [0.5, 0.6) is 0 Å². The minimum Gasteiger partial charge on any atom is -0.394 e. The molecular weight excluding hydrogens is 950 g/mol. The molecule has 0 aromatic rings. The number of fused-ring (bicyclic) bond motifs is 2. The van der Waals surface area contributed by atoms with Crippen LogP contribution in [0.15, 0.2) is 0 Å². The third-order valence-corrected chi connectivity index (χ3v) is 13.2. The monoisotopic (exact) mass is 1010 g/mol. The van der Waals surface area contributed by atoms with E-state index in [9.17, 15) is 91.6 Å². The molecule has 0 saturated carbocycles. The van der Waals surface area contributed by atoms with Crippen molar-refractivity contribution >= 4 is 5.91 Å². The Kier molecular flexibility index (Phi) is 17.3. The van der Waals surface area contributed by atoms with Crippen LogP contribution in [0, 0.1) is 0 Å². The summed E-state index contributed by atoms with van der Waals surface area (Å²) in [5.74, 6) is -7.56. The van der Waals surface area contributed by atoms with Crippen LogP contribution in [-0.4, -0.2) is 303 Å². The lowest BCUT2D eigenvalue weighted by atomic mass is 9.92. The molecule has 2 unspecified atom stereocenters. The topological polar surface area (TPSA) is 484 Å². The summed E-state index contributed by atoms with van der Waals surface area (Å²) < 4.78 is 72.3. The van der Waals surface area contributed by atoms with Gasteiger partial charge in [0.25, 0.3) is 0 Å². The molecule has 7 saturated heterocycles. The second kappa shape index (κ2) is 21.6. The fourth-order valence-electron chi connectivity index (χ4n) is 9.34. The summed E-state index contributed by atoms with van der Waals surface area (Å²) in [5.41, 5.74) is 0. The van der Waals surface area contributed by atoms with E-state index in [1.165, 1.54) is 6.92 Å². The van der Waals surface area contributed by atoms with Crippen molar-refractivity contribution in [2.75, 3.05) is 26.4 Å². The molecule has 7 fully saturated rings. The van der Waals surface area contributed by atoms with E-state index in [0.717, 1.165) is 13.8 Å². The molecule has 69 heavy (non-hydrogen) atoms. The van der Waals surface area contributed by atoms with E-state index in [0.29, 0.717) is 0 Å². The molecule has 18 N–H and O–H groups in total. The second-order valence-electron chi connectivity index (χ2n) is 17.9. The summed E-state index contributed by atoms with van der Waals surface area (Å²) in [5, 5.41) is 190. The molecule has 0 bridgehead atoms. The Balaban J connectivity index is 1.47. The lowest BCUT2D eigenvalue weighted by Gasteiger charge is -2.59. The van der Waals surface area contributed by atoms with Gasteiger partial charge in [-0.15, -0.1) is 0 Å². The summed E-state index contributed by atoms with van der Waals surface area (Å²) >= 11 is 0. The van der Waals surface area contributed by atoms with Crippen LogP contribution >= 0.6 is 0 Å². The maximum atomic E-state index is 12.5. The first-order valence-electron chi connectivity index (χ1n) is 22.0. The van der Waals surface area contributed by atoms with Crippen LogP contribution in [0.1, 0.15) is 20.8 Å². The number of hydrogen-bond donors (Lipinski definition) is 18. The minimum absolute atomic E-state index is 0.852. The van der Waals surface area contributed by atoms with Crippen molar-refractivity contribution in [3.63, 3.8) is 0 Å². The Morgan fingerprint density at radius 2 is 0.971 bits per heavy atom. The largest absolute Gasteiger partial charge is 0.394 e. The fraction of sp³-hybridized carbons (Fsp3) is 0.974. The molecule has 31 heteroatoms. The van der Waals surface area contributed by atoms with Gasteiger partial charge >= 0.3 is 11.9 Å². The average Bonchev–Trinajstić information content (AvgIpc) is 3.31. The molecule has 7 aliphatic heterocycles. The predicted octanol–water partition coefficient (Wildman–Crippen LogP) is -12.2. The van der Waals surface area contributed by atoms with E-state index in [2.05, 4.69) is 5.32 Å². The lowest BCUT2D eigenvalue weighted by molar-refractivity contribution is -0.551. The van der Waals surface area contributed by atoms with Gasteiger partial charge in [-0.05, 0) is 13.8 Å². The molecule has 0 aromatic heterocycles. The van der Waals surface area contributed by atoms with Gasteiger partial charge < -0.3 is 149 Å². The number of aliphatic hydroxyl groups is 17. The zero-order valence-electron chi connectivity index (χ0n) is 36.9. The van der Waals surface area contributed by atoms with Crippen LogP contribution in [0.4, 0.5) is 0 Å². The molecule has 0 radical (unpaired) electrons. The molecule has 31 nitrogen and oxygen atoms in total. The maximum Gasteiger partial charge on any atom is 0.315 e. The summed E-state index contributed by atoms with van der Waals surface area (Å²) in [7, 11) is 0. The lowest BCUT2D eigenvalue weighted by Crippen LogP contribution is -2.78. The first-order valence-corrected chi connectivity index (χ1v) is 22.0. The molecular formula is C38H63NO30. The molecule has 0 aromatic carbocycles. The van der Waals surface area contributed by atoms with Crippen LogP contribution < -0.4 is 5.32 Å². The van der Waals surface area contributed by atoms with Crippen LogP contribution in [0.3, 0.4) is 0 Å². The van der Waals surface area contributed by atoms with Crippen LogP contribution in [-0.2, 0) is 61.6 Å². The molecule has 7 aliphatic rings. The zero-order chi connectivity index (χ0) is 50.8. The average molecular weight is 1010 g/mol. The zero-order valence-corrected chi connectivity index (χ0v) is 36.9. The Bertz CT molecular complexity index is 1670. The van der Waals surface area contributed by atoms with Gasteiger partial charge in [0.15, 0.2) is 37.4 Å². The Labute approximate surface area is 390 Å². The maximum absolute atomic E-state index is 12.5. The van der Waals surface area contributed by atoms with Crippen molar-refractivity contribution in [1.82, 2.24) is 5.32 Å². The first-order chi connectivity index (χ1) is 32.5. The number of nitrogens with one attached hydrogen (secondary N) is 1. The normalized spacial score (nSPS) is 55.2. The van der Waals surface area contributed by atoms with E-state index in [1.807, 2.05) is 0 Å². The highest BCUT2D eigenvalue weighted by Gasteiger charge is 2.69. The number of carbonyl (C=O) groups excluding carboxylic acids is 1. The van der Waals surface area contributed by atoms with Crippen molar-refractivity contribution in [2.24, 2.45) is 0 Å². The van der Waals surface area contributed by atoms with Crippen molar-refractivity contribution in [3.05, 3.63) is 0 Å². The SMILES string of the molecule is CC(=O)N[C@H]1[C@@H](O[C@H]2[C@@H](O)[C@@H](CO)OC3(O[C@H]4[C@H](OC5(O[C@@H]6[C@@H](O)[C@@H](O)O[C@H](CO)[C@H]6O3)O[C@@H](C)[C@@H](O)[C@@H](O)[C@@H]5O)[C@@H](O)[C@H](O)O[C@@H]4CO)[C@@H]2O[C@@H]2O[C@@H](C)[C@@H](O)[C@@H](O)[C@@H]2O)O[C@H](CO)[C@H](O)[C@@H]1O. The predicted molar refractivity (Wildman–Crippen MR) is 207 cm³/mol. The van der Waals surface area contributed by atoms with E-state index < -0.39 is 216 Å². The molecule has 30 atom stereocenters. The quantitative estimate of drug-likeness (QED) is 0.102. The second-order valence-corrected chi connectivity index (χ2v) is 17.9. The molecule has 1 amide bonds. The van der Waals surface area contributed by atoms with Crippen molar-refractivity contribution < 1.29 is 148 Å². The molecule has 7 rings (SSSR count). The van der Waals surface area contributed by atoms with Crippen molar-refractivity contribution in [2.45, 2.75) is 204 Å². The van der Waals surface area contributed by atoms with Crippen molar-refractivity contribution in [1.29, 1.82) is 0 Å². The van der Waals surface area contributed by atoms with E-state index >= 15 is 0 Å². The van der Waals surface area contributed by atoms with Crippen LogP contribution in [0.2, 0.25) is 0 Å². The van der Waals surface area contributed by atoms with Crippen molar-refractivity contribution in [3.8, 4) is 0 Å². The highest BCUT2D eigenvalue weighted by Crippen LogP contribution is 2.48. The molecule has 7 heterocycles. The molecule has 2 spiro atoms. The number of amides is 1. The number of aliphatic hydroxyl groups excluding tert-OH is 17. The summed E-state index contributed by atoms with van der Waals surface area (Å²) in [4.78, 5) is 12.5. The Morgan fingerprint density at radius 3 is 1.48 bits per heavy atom. The third kappa shape index (κ3) is 10.2. The highest BCUT2D eigenvalue weighted by molar-refractivity contribution is 5.73. The Morgan fingerprint density at radius 1 is 0.464 bits per heavy atom. The summed E-state index contributed by atoms with van der Waals surface area (Å²) in [6.07, 6.45) is -57.6. The number of rotatable bonds is 9. The standard InChI is InChI=1S/C38H63NO30/c1-8-16(45)21(50)23(52)36(58-8)63-32-30(62-35-15(39-10(3)44)20(49)18(47)11(4-40)61-35)19(48)12(5-41)65-38(32)66-26-13(6-42)59-33(56)24(53)28(26)68-37(31(55)22(51)17(46)9(2)64-37)69-29-25(54)34(57)60-14(7-43)27(29)67-38/h8-9,11-36,40-43,45-57H,4-7H2,1-3H3,(H,39,44)/t8-,9-,11+,12+,13+,14+,15+,16+,17+,18-,19-,20+,21+,22+,23-,24+,25+,26+,27+,28+,29+,30-,31-,32+,33-,34+,35+,36-,37?,38?/m0/s1. The van der Waals surface area contributed by atoms with E-state index in [4.69, 9.17) is 56.8 Å². The Hall–Kier alpha value is -1.69. The van der Waals surface area contributed by atoms with E-state index in [1.54, 1.807) is 0 Å². The number of carbonyl (C=O) groups is 1.